The molecule has 0 unspecified atom stereocenters. The number of rotatable bonds is 2. The van der Waals surface area contributed by atoms with Gasteiger partial charge in [0.05, 0.1) is 5.56 Å². The monoisotopic (exact) mass is 416 g/mol. The minimum absolute atomic E-state index is 1.26. The first-order chi connectivity index (χ1) is 15.2. The van der Waals surface area contributed by atoms with Gasteiger partial charge in [0, 0.05) is 21.5 Å². The Bertz CT molecular complexity index is 1590. The zero-order valence-corrected chi connectivity index (χ0v) is 18.4. The summed E-state index contributed by atoms with van der Waals surface area (Å²) < 4.78 is 4.96. The van der Waals surface area contributed by atoms with Crippen LogP contribution in [0.1, 0.15) is 5.56 Å². The topological polar surface area (TPSA) is 3.88 Å². The van der Waals surface area contributed by atoms with E-state index in [0.29, 0.717) is 0 Å². The van der Waals surface area contributed by atoms with Gasteiger partial charge in [-0.15, -0.1) is 11.3 Å². The Morgan fingerprint density at radius 1 is 0.710 bits per heavy atom. The summed E-state index contributed by atoms with van der Waals surface area (Å²) in [6, 6.07) is 33.0. The molecule has 2 heterocycles. The van der Waals surface area contributed by atoms with Crippen molar-refractivity contribution < 1.29 is 4.57 Å². The van der Waals surface area contributed by atoms with Crippen molar-refractivity contribution in [1.29, 1.82) is 0 Å². The lowest BCUT2D eigenvalue weighted by atomic mass is 9.98. The van der Waals surface area contributed by atoms with E-state index in [1.807, 2.05) is 11.3 Å². The van der Waals surface area contributed by atoms with Crippen molar-refractivity contribution in [2.45, 2.75) is 6.92 Å². The highest BCUT2D eigenvalue weighted by Crippen LogP contribution is 2.42. The highest BCUT2D eigenvalue weighted by molar-refractivity contribution is 7.26. The van der Waals surface area contributed by atoms with E-state index in [-0.39, 0.29) is 0 Å². The van der Waals surface area contributed by atoms with Crippen LogP contribution in [-0.4, -0.2) is 0 Å². The van der Waals surface area contributed by atoms with Crippen LogP contribution in [0.25, 0.3) is 53.3 Å². The average molecular weight is 417 g/mol. The first-order valence-corrected chi connectivity index (χ1v) is 11.4. The molecule has 0 atom stereocenters. The summed E-state index contributed by atoms with van der Waals surface area (Å²) >= 11 is 1.90. The highest BCUT2D eigenvalue weighted by Gasteiger charge is 2.21. The predicted molar refractivity (Wildman–Crippen MR) is 134 cm³/mol. The van der Waals surface area contributed by atoms with Gasteiger partial charge in [-0.2, -0.15) is 4.57 Å². The van der Waals surface area contributed by atoms with Gasteiger partial charge < -0.3 is 0 Å². The molecule has 4 aromatic carbocycles. The zero-order chi connectivity index (χ0) is 20.9. The summed E-state index contributed by atoms with van der Waals surface area (Å²) in [4.78, 5) is 0. The molecule has 148 valence electrons. The molecule has 6 aromatic rings. The molecule has 0 N–H and O–H groups in total. The quantitative estimate of drug-likeness (QED) is 0.255. The van der Waals surface area contributed by atoms with Gasteiger partial charge in [0.25, 0.3) is 0 Å². The van der Waals surface area contributed by atoms with Crippen molar-refractivity contribution in [2.75, 3.05) is 0 Å². The Kier molecular flexibility index (Phi) is 4.15. The molecule has 0 aliphatic carbocycles. The third kappa shape index (κ3) is 2.87. The van der Waals surface area contributed by atoms with Crippen LogP contribution in [0, 0.1) is 6.92 Å². The second-order valence-corrected chi connectivity index (χ2v) is 9.23. The third-order valence-electron chi connectivity index (χ3n) is 6.25. The number of nitrogens with zero attached hydrogens (tertiary/aromatic N) is 1. The van der Waals surface area contributed by atoms with Crippen LogP contribution in [0.5, 0.6) is 0 Å². The Hall–Kier alpha value is -3.49. The number of thiophene rings is 1. The molecular formula is C29H22NS+. The molecule has 2 aromatic heterocycles. The number of hydrogen-bond acceptors (Lipinski definition) is 1. The largest absolute Gasteiger partial charge is 0.230 e. The molecule has 0 fully saturated rings. The molecule has 0 amide bonds. The van der Waals surface area contributed by atoms with Gasteiger partial charge in [-0.1, -0.05) is 66.7 Å². The number of aromatic nitrogens is 1. The fraction of sp³-hybridized carbons (Fsp3) is 0.0690. The van der Waals surface area contributed by atoms with E-state index in [1.165, 1.54) is 58.9 Å². The minimum atomic E-state index is 1.26. The maximum atomic E-state index is 2.32. The van der Waals surface area contributed by atoms with Gasteiger partial charge in [0.15, 0.2) is 6.20 Å². The molecule has 0 radical (unpaired) electrons. The second kappa shape index (κ2) is 7.04. The molecular weight excluding hydrogens is 394 g/mol. The van der Waals surface area contributed by atoms with Crippen LogP contribution in [0.2, 0.25) is 0 Å². The molecule has 2 heteroatoms. The van der Waals surface area contributed by atoms with E-state index >= 15 is 0 Å². The number of fused-ring (bicyclic) bond motifs is 5. The van der Waals surface area contributed by atoms with E-state index < -0.39 is 0 Å². The van der Waals surface area contributed by atoms with Crippen molar-refractivity contribution >= 4 is 42.3 Å². The predicted octanol–water partition coefficient (Wildman–Crippen LogP) is 7.67. The highest BCUT2D eigenvalue weighted by atomic mass is 32.1. The number of benzene rings is 4. The van der Waals surface area contributed by atoms with Crippen LogP contribution < -0.4 is 4.57 Å². The summed E-state index contributed by atoms with van der Waals surface area (Å²) in [5.41, 5.74) is 6.43. The molecule has 0 saturated heterocycles. The Morgan fingerprint density at radius 3 is 2.35 bits per heavy atom. The maximum absolute atomic E-state index is 2.32. The maximum Gasteiger partial charge on any atom is 0.230 e. The Labute approximate surface area is 185 Å². The standard InChI is InChI=1S/C29H22NS/c1-19-8-6-7-11-23(19)28-29-25(16-17-30(28)2)27-24-14-12-21(20-9-4-3-5-10-20)18-22(24)13-15-26(27)31-29/h3-18H,1-2H3/q+1. The van der Waals surface area contributed by atoms with Gasteiger partial charge in [-0.05, 0) is 52.6 Å². The molecule has 0 aliphatic heterocycles. The van der Waals surface area contributed by atoms with Gasteiger partial charge >= 0.3 is 0 Å². The van der Waals surface area contributed by atoms with Crippen LogP contribution >= 0.6 is 11.3 Å². The summed E-state index contributed by atoms with van der Waals surface area (Å²) in [5, 5.41) is 5.33. The summed E-state index contributed by atoms with van der Waals surface area (Å²) in [6.07, 6.45) is 2.20. The van der Waals surface area contributed by atoms with Crippen molar-refractivity contribution in [3.8, 4) is 22.4 Å². The van der Waals surface area contributed by atoms with E-state index in [9.17, 15) is 0 Å². The van der Waals surface area contributed by atoms with Crippen molar-refractivity contribution in [3.05, 3.63) is 103 Å². The van der Waals surface area contributed by atoms with Gasteiger partial charge in [0.1, 0.15) is 11.7 Å². The van der Waals surface area contributed by atoms with Crippen LogP contribution in [0.4, 0.5) is 0 Å². The summed E-state index contributed by atoms with van der Waals surface area (Å²) in [6.45, 7) is 2.20. The smallest absolute Gasteiger partial charge is 0.200 e. The molecule has 0 bridgehead atoms. The molecule has 31 heavy (non-hydrogen) atoms. The first-order valence-electron chi connectivity index (χ1n) is 10.6. The molecule has 0 spiro atoms. The molecule has 6 rings (SSSR count). The van der Waals surface area contributed by atoms with Crippen LogP contribution in [0.3, 0.4) is 0 Å². The lowest BCUT2D eigenvalue weighted by molar-refractivity contribution is -0.659. The average Bonchev–Trinajstić information content (AvgIpc) is 3.19. The van der Waals surface area contributed by atoms with E-state index in [2.05, 4.69) is 116 Å². The Morgan fingerprint density at radius 2 is 1.52 bits per heavy atom. The number of aryl methyl sites for hydroxylation is 2. The fourth-order valence-corrected chi connectivity index (χ4v) is 5.98. The summed E-state index contributed by atoms with van der Waals surface area (Å²) in [5.74, 6) is 0. The van der Waals surface area contributed by atoms with Crippen LogP contribution in [-0.2, 0) is 7.05 Å². The molecule has 1 nitrogen and oxygen atoms in total. The van der Waals surface area contributed by atoms with Crippen LogP contribution in [0.15, 0.2) is 97.2 Å². The SMILES string of the molecule is Cc1ccccc1-c1c2sc3ccc4cc(-c5ccccc5)ccc4c3c2cc[n+]1C. The minimum Gasteiger partial charge on any atom is -0.200 e. The van der Waals surface area contributed by atoms with Gasteiger partial charge in [-0.3, -0.25) is 0 Å². The normalized spacial score (nSPS) is 11.5. The van der Waals surface area contributed by atoms with Crippen molar-refractivity contribution in [1.82, 2.24) is 0 Å². The first kappa shape index (κ1) is 18.3. The Balaban J connectivity index is 1.66. The van der Waals surface area contributed by atoms with Crippen molar-refractivity contribution in [2.24, 2.45) is 7.05 Å². The third-order valence-corrected chi connectivity index (χ3v) is 7.42. The molecule has 0 aliphatic rings. The van der Waals surface area contributed by atoms with E-state index in [4.69, 9.17) is 0 Å². The lowest BCUT2D eigenvalue weighted by Crippen LogP contribution is -2.30. The van der Waals surface area contributed by atoms with Gasteiger partial charge in [0.2, 0.25) is 5.69 Å². The second-order valence-electron chi connectivity index (χ2n) is 8.18. The lowest BCUT2D eigenvalue weighted by Gasteiger charge is -2.06. The zero-order valence-electron chi connectivity index (χ0n) is 17.6. The summed E-state index contributed by atoms with van der Waals surface area (Å²) in [7, 11) is 2.15. The molecule has 0 saturated carbocycles. The number of hydrogen-bond donors (Lipinski definition) is 0. The fourth-order valence-electron chi connectivity index (χ4n) is 4.67. The van der Waals surface area contributed by atoms with Crippen molar-refractivity contribution in [3.63, 3.8) is 0 Å². The van der Waals surface area contributed by atoms with Gasteiger partial charge in [-0.25, -0.2) is 0 Å². The number of pyridine rings is 1. The van der Waals surface area contributed by atoms with E-state index in [0.717, 1.165) is 0 Å². The van der Waals surface area contributed by atoms with E-state index in [1.54, 1.807) is 0 Å².